The van der Waals surface area contributed by atoms with Crippen molar-refractivity contribution >= 4 is 0 Å². The molecule has 4 atom stereocenters. The zero-order valence-corrected chi connectivity index (χ0v) is 12.2. The van der Waals surface area contributed by atoms with Crippen LogP contribution in [0.25, 0.3) is 0 Å². The van der Waals surface area contributed by atoms with Gasteiger partial charge in [-0.1, -0.05) is 13.0 Å². The van der Waals surface area contributed by atoms with Crippen LogP contribution >= 0.6 is 0 Å². The molecule has 2 N–H and O–H groups in total. The monoisotopic (exact) mass is 292 g/mol. The second-order valence-corrected chi connectivity index (χ2v) is 6.56. The summed E-state index contributed by atoms with van der Waals surface area (Å²) in [6.07, 6.45) is 4.46. The van der Waals surface area contributed by atoms with Gasteiger partial charge in [0.2, 0.25) is 0 Å². The number of furan rings is 1. The molecule has 0 bridgehead atoms. The van der Waals surface area contributed by atoms with Crippen molar-refractivity contribution in [2.45, 2.75) is 38.3 Å². The summed E-state index contributed by atoms with van der Waals surface area (Å²) in [5.74, 6) is -0.452. The average molecular weight is 292 g/mol. The van der Waals surface area contributed by atoms with Crippen LogP contribution in [0, 0.1) is 18.3 Å². The van der Waals surface area contributed by atoms with Crippen LogP contribution in [0.5, 0.6) is 0 Å². The van der Waals surface area contributed by atoms with Crippen molar-refractivity contribution in [2.75, 3.05) is 13.2 Å². The van der Waals surface area contributed by atoms with Gasteiger partial charge in [0.1, 0.15) is 11.9 Å². The number of rotatable bonds is 0. The largest absolute Gasteiger partial charge is 0.466 e. The molecule has 2 heterocycles. The van der Waals surface area contributed by atoms with Crippen molar-refractivity contribution in [3.8, 4) is 0 Å². The van der Waals surface area contributed by atoms with E-state index in [0.717, 1.165) is 5.56 Å². The van der Waals surface area contributed by atoms with E-state index in [-0.39, 0.29) is 5.92 Å². The fraction of sp³-hybridized carbons (Fsp3) is 0.625. The zero-order valence-electron chi connectivity index (χ0n) is 12.2. The van der Waals surface area contributed by atoms with Crippen molar-refractivity contribution in [1.29, 1.82) is 0 Å². The molecular weight excluding hydrogens is 272 g/mol. The third-order valence-corrected chi connectivity index (χ3v) is 5.34. The predicted octanol–water partition coefficient (Wildman–Crippen LogP) is 1.99. The molecule has 1 spiro atoms. The Balaban J connectivity index is 1.82. The third-order valence-electron chi connectivity index (χ3n) is 5.34. The van der Waals surface area contributed by atoms with Gasteiger partial charge in [-0.3, -0.25) is 0 Å². The second-order valence-electron chi connectivity index (χ2n) is 6.56. The van der Waals surface area contributed by atoms with E-state index < -0.39 is 23.4 Å². The molecule has 5 heteroatoms. The molecule has 114 valence electrons. The Kier molecular flexibility index (Phi) is 2.70. The highest BCUT2D eigenvalue weighted by atomic mass is 16.7. The molecule has 1 saturated heterocycles. The van der Waals surface area contributed by atoms with E-state index in [2.05, 4.69) is 0 Å². The van der Waals surface area contributed by atoms with Gasteiger partial charge in [0, 0.05) is 23.3 Å². The Bertz CT molecular complexity index is 598. The minimum absolute atomic E-state index is 0.181. The van der Waals surface area contributed by atoms with Gasteiger partial charge in [0.25, 0.3) is 0 Å². The van der Waals surface area contributed by atoms with Crippen LogP contribution in [0.3, 0.4) is 0 Å². The Morgan fingerprint density at radius 2 is 1.90 bits per heavy atom. The SMILES string of the molecule is Cc1coc2c1C(O)[C@H]1CC3(C=C[C@@]1(C)[C@H]2O)OCCO3. The lowest BCUT2D eigenvalue weighted by Crippen LogP contribution is -2.48. The molecule has 1 aliphatic heterocycles. The molecule has 21 heavy (non-hydrogen) atoms. The molecule has 0 saturated carbocycles. The summed E-state index contributed by atoms with van der Waals surface area (Å²) in [4.78, 5) is 0. The number of hydrogen-bond acceptors (Lipinski definition) is 5. The van der Waals surface area contributed by atoms with E-state index in [4.69, 9.17) is 13.9 Å². The normalized spacial score (nSPS) is 40.3. The Labute approximate surface area is 123 Å². The Morgan fingerprint density at radius 3 is 2.62 bits per heavy atom. The molecule has 1 aromatic rings. The van der Waals surface area contributed by atoms with E-state index in [1.807, 2.05) is 26.0 Å². The number of fused-ring (bicyclic) bond motifs is 2. The molecule has 0 aromatic carbocycles. The van der Waals surface area contributed by atoms with E-state index in [1.54, 1.807) is 6.26 Å². The van der Waals surface area contributed by atoms with Crippen LogP contribution in [0.15, 0.2) is 22.8 Å². The molecule has 4 rings (SSSR count). The summed E-state index contributed by atoms with van der Waals surface area (Å²) in [5, 5.41) is 21.6. The number of hydrogen-bond donors (Lipinski definition) is 2. The predicted molar refractivity (Wildman–Crippen MR) is 73.4 cm³/mol. The van der Waals surface area contributed by atoms with Crippen molar-refractivity contribution in [1.82, 2.24) is 0 Å². The van der Waals surface area contributed by atoms with Gasteiger partial charge in [0.05, 0.1) is 25.6 Å². The van der Waals surface area contributed by atoms with Crippen molar-refractivity contribution in [3.05, 3.63) is 35.3 Å². The molecule has 0 radical (unpaired) electrons. The highest BCUT2D eigenvalue weighted by Crippen LogP contribution is 2.59. The number of aliphatic hydroxyl groups excluding tert-OH is 2. The highest BCUT2D eigenvalue weighted by Gasteiger charge is 2.56. The second kappa shape index (κ2) is 4.20. The fourth-order valence-electron chi connectivity index (χ4n) is 4.00. The van der Waals surface area contributed by atoms with Crippen LogP contribution in [0.4, 0.5) is 0 Å². The highest BCUT2D eigenvalue weighted by molar-refractivity contribution is 5.38. The summed E-state index contributed by atoms with van der Waals surface area (Å²) >= 11 is 0. The summed E-state index contributed by atoms with van der Waals surface area (Å²) in [6.45, 7) is 4.95. The van der Waals surface area contributed by atoms with Gasteiger partial charge in [-0.15, -0.1) is 0 Å². The topological polar surface area (TPSA) is 72.1 Å². The molecule has 1 fully saturated rings. The lowest BCUT2D eigenvalue weighted by molar-refractivity contribution is -0.174. The molecule has 5 nitrogen and oxygen atoms in total. The minimum Gasteiger partial charge on any atom is -0.466 e. The first-order chi connectivity index (χ1) is 9.97. The van der Waals surface area contributed by atoms with Gasteiger partial charge < -0.3 is 24.1 Å². The van der Waals surface area contributed by atoms with E-state index >= 15 is 0 Å². The maximum atomic E-state index is 10.8. The van der Waals surface area contributed by atoms with Crippen LogP contribution in [-0.4, -0.2) is 29.2 Å². The van der Waals surface area contributed by atoms with Gasteiger partial charge >= 0.3 is 0 Å². The Hall–Kier alpha value is -1.14. The van der Waals surface area contributed by atoms with E-state index in [1.165, 1.54) is 0 Å². The molecule has 0 amide bonds. The lowest BCUT2D eigenvalue weighted by atomic mass is 9.59. The summed E-state index contributed by atoms with van der Waals surface area (Å²) < 4.78 is 17.0. The maximum absolute atomic E-state index is 10.8. The standard InChI is InChI=1S/C16H20O5/c1-9-8-19-13-11(9)12(17)10-7-16(20-5-6-21-16)4-3-15(10,2)14(13)18/h3-4,8,10,12,14,17-18H,5-7H2,1-2H3/t10-,12?,14+,15-/m1/s1. The summed E-state index contributed by atoms with van der Waals surface area (Å²) in [6, 6.07) is 0. The summed E-state index contributed by atoms with van der Waals surface area (Å²) in [5.41, 5.74) is 1.00. The summed E-state index contributed by atoms with van der Waals surface area (Å²) in [7, 11) is 0. The quantitative estimate of drug-likeness (QED) is 0.716. The maximum Gasteiger partial charge on any atom is 0.188 e. The van der Waals surface area contributed by atoms with Gasteiger partial charge in [-0.25, -0.2) is 0 Å². The smallest absolute Gasteiger partial charge is 0.188 e. The van der Waals surface area contributed by atoms with Crippen LogP contribution < -0.4 is 0 Å². The van der Waals surface area contributed by atoms with E-state index in [0.29, 0.717) is 31.0 Å². The van der Waals surface area contributed by atoms with Crippen molar-refractivity contribution in [2.24, 2.45) is 11.3 Å². The van der Waals surface area contributed by atoms with Crippen LogP contribution in [0.2, 0.25) is 0 Å². The fourth-order valence-corrected chi connectivity index (χ4v) is 4.00. The first-order valence-corrected chi connectivity index (χ1v) is 7.39. The Morgan fingerprint density at radius 1 is 1.19 bits per heavy atom. The number of aliphatic hydroxyl groups is 2. The van der Waals surface area contributed by atoms with Gasteiger partial charge in [-0.05, 0) is 18.6 Å². The average Bonchev–Trinajstić information content (AvgIpc) is 3.07. The molecule has 3 aliphatic rings. The van der Waals surface area contributed by atoms with Crippen molar-refractivity contribution < 1.29 is 24.1 Å². The zero-order chi connectivity index (χ0) is 14.8. The molecular formula is C16H20O5. The first kappa shape index (κ1) is 13.5. The first-order valence-electron chi connectivity index (χ1n) is 7.39. The van der Waals surface area contributed by atoms with E-state index in [9.17, 15) is 10.2 Å². The van der Waals surface area contributed by atoms with Crippen molar-refractivity contribution in [3.63, 3.8) is 0 Å². The third kappa shape index (κ3) is 1.66. The number of aryl methyl sites for hydroxylation is 1. The number of ether oxygens (including phenoxy) is 2. The van der Waals surface area contributed by atoms with Gasteiger partial charge in [0.15, 0.2) is 5.79 Å². The van der Waals surface area contributed by atoms with Gasteiger partial charge in [-0.2, -0.15) is 0 Å². The minimum atomic E-state index is -0.774. The molecule has 2 aliphatic carbocycles. The molecule has 1 aromatic heterocycles. The van der Waals surface area contributed by atoms with Crippen LogP contribution in [0.1, 0.15) is 42.4 Å². The lowest BCUT2D eigenvalue weighted by Gasteiger charge is -2.50. The van der Waals surface area contributed by atoms with Crippen LogP contribution in [-0.2, 0) is 9.47 Å². The molecule has 1 unspecified atom stereocenters.